The zero-order valence-electron chi connectivity index (χ0n) is 11.6. The van der Waals surface area contributed by atoms with Gasteiger partial charge in [0.1, 0.15) is 24.9 Å². The van der Waals surface area contributed by atoms with Crippen molar-refractivity contribution in [3.8, 4) is 0 Å². The summed E-state index contributed by atoms with van der Waals surface area (Å²) in [4.78, 5) is 37.4. The van der Waals surface area contributed by atoms with Crippen molar-refractivity contribution in [2.24, 2.45) is 0 Å². The van der Waals surface area contributed by atoms with E-state index in [-0.39, 0.29) is 59.1 Å². The van der Waals surface area contributed by atoms with Crippen LogP contribution in [0.1, 0.15) is 0 Å². The third kappa shape index (κ3) is 8.43. The molecule has 0 aromatic rings. The van der Waals surface area contributed by atoms with Gasteiger partial charge in [-0.25, -0.2) is 4.57 Å². The van der Waals surface area contributed by atoms with Crippen LogP contribution in [0, 0.1) is 0 Å². The first-order valence-electron chi connectivity index (χ1n) is 4.97. The molecule has 16 heteroatoms. The van der Waals surface area contributed by atoms with Crippen molar-refractivity contribution in [1.29, 1.82) is 0 Å². The molecule has 0 aliphatic carbocycles. The van der Waals surface area contributed by atoms with Crippen LogP contribution in [0.25, 0.3) is 0 Å². The quantitative estimate of drug-likeness (QED) is 0.214. The first-order valence-corrected chi connectivity index (χ1v) is 7.96. The third-order valence-corrected chi connectivity index (χ3v) is 3.29. The molecule has 0 unspecified atom stereocenters. The van der Waals surface area contributed by atoms with Crippen molar-refractivity contribution in [2.75, 3.05) is 13.2 Å². The summed E-state index contributed by atoms with van der Waals surface area (Å²) in [6.45, 7) is -2.21. The Labute approximate surface area is 168 Å². The van der Waals surface area contributed by atoms with Gasteiger partial charge in [-0.1, -0.05) is 0 Å². The number of aliphatic hydroxyl groups is 3. The minimum atomic E-state index is -5.36. The molecule has 0 bridgehead atoms. The fourth-order valence-electron chi connectivity index (χ4n) is 1.47. The number of aliphatic hydroxyl groups excluding tert-OH is 2. The first kappa shape index (κ1) is 26.3. The van der Waals surface area contributed by atoms with Gasteiger partial charge in [0.25, 0.3) is 0 Å². The fraction of sp³-hybridized carbons (Fsp3) is 1.00. The van der Waals surface area contributed by atoms with Crippen LogP contribution in [0.4, 0.5) is 0 Å². The Hall–Kier alpha value is 2.06. The van der Waals surface area contributed by atoms with Crippen molar-refractivity contribution < 1.29 is 117 Å². The molecule has 5 N–H and O–H groups in total. The van der Waals surface area contributed by atoms with Gasteiger partial charge >= 0.3 is 66.9 Å². The van der Waals surface area contributed by atoms with Crippen LogP contribution in [0.5, 0.6) is 0 Å². The average molecular weight is 384 g/mol. The number of rotatable bonds is 6. The predicted molar refractivity (Wildman–Crippen MR) is 53.4 cm³/mol. The summed E-state index contributed by atoms with van der Waals surface area (Å²) < 4.78 is 33.1. The van der Waals surface area contributed by atoms with Gasteiger partial charge in [-0.3, -0.25) is 4.52 Å². The molecule has 1 heterocycles. The Morgan fingerprint density at radius 1 is 1.14 bits per heavy atom. The van der Waals surface area contributed by atoms with Gasteiger partial charge < -0.3 is 48.7 Å². The summed E-state index contributed by atoms with van der Waals surface area (Å²) in [6.07, 6.45) is -5.56. The molecule has 1 rings (SSSR count). The molecule has 0 aromatic heterocycles. The Morgan fingerprint density at radius 3 is 2.05 bits per heavy atom. The van der Waals surface area contributed by atoms with Crippen molar-refractivity contribution in [1.82, 2.24) is 0 Å². The minimum Gasteiger partial charge on any atom is -0.790 e. The second-order valence-corrected chi connectivity index (χ2v) is 6.34. The maximum absolute atomic E-state index is 10.5. The van der Waals surface area contributed by atoms with Gasteiger partial charge in [0.2, 0.25) is 5.79 Å². The van der Waals surface area contributed by atoms with Gasteiger partial charge in [-0.2, -0.15) is 0 Å². The van der Waals surface area contributed by atoms with Crippen molar-refractivity contribution >= 4 is 15.6 Å². The zero-order chi connectivity index (χ0) is 15.8. The number of ether oxygens (including phenoxy) is 1. The second kappa shape index (κ2) is 9.67. The Kier molecular flexibility index (Phi) is 11.6. The SMILES string of the molecule is O=P([O-])([O-])OC[C@H]1O[C@](O)(COP(=O)(O)O)[C@@H](O)[C@@H]1O.[Na+].[Na+]. The predicted octanol–water partition coefficient (Wildman–Crippen LogP) is -10.2. The maximum Gasteiger partial charge on any atom is 1.00 e. The first-order chi connectivity index (χ1) is 8.84. The molecule has 22 heavy (non-hydrogen) atoms. The monoisotopic (exact) mass is 384 g/mol. The molecule has 1 aliphatic heterocycles. The van der Waals surface area contributed by atoms with Crippen LogP contribution in [-0.2, 0) is 22.9 Å². The van der Waals surface area contributed by atoms with E-state index in [1.165, 1.54) is 0 Å². The summed E-state index contributed by atoms with van der Waals surface area (Å²) in [5.41, 5.74) is 0. The molecule has 1 saturated heterocycles. The van der Waals surface area contributed by atoms with E-state index in [1.54, 1.807) is 0 Å². The Balaban J connectivity index is 0. The molecular formula is C6H12Na2O12P2. The number of hydrogen-bond acceptors (Lipinski definition) is 10. The van der Waals surface area contributed by atoms with E-state index in [9.17, 15) is 34.2 Å². The van der Waals surface area contributed by atoms with E-state index in [0.717, 1.165) is 0 Å². The molecule has 120 valence electrons. The maximum atomic E-state index is 10.5. The molecule has 0 amide bonds. The number of phosphoric ester groups is 2. The van der Waals surface area contributed by atoms with E-state index in [0.29, 0.717) is 0 Å². The van der Waals surface area contributed by atoms with Crippen molar-refractivity contribution in [2.45, 2.75) is 24.1 Å². The van der Waals surface area contributed by atoms with Gasteiger partial charge in [-0.05, 0) is 0 Å². The van der Waals surface area contributed by atoms with Crippen LogP contribution in [0.2, 0.25) is 0 Å². The molecule has 12 nitrogen and oxygen atoms in total. The van der Waals surface area contributed by atoms with Gasteiger partial charge in [0.05, 0.1) is 14.4 Å². The molecule has 0 aromatic carbocycles. The van der Waals surface area contributed by atoms with E-state index in [1.807, 2.05) is 0 Å². The van der Waals surface area contributed by atoms with Crippen LogP contribution in [-0.4, -0.2) is 62.4 Å². The van der Waals surface area contributed by atoms with Crippen molar-refractivity contribution in [3.63, 3.8) is 0 Å². The summed E-state index contributed by atoms with van der Waals surface area (Å²) in [5, 5.41) is 28.6. The molecule has 1 fully saturated rings. The number of phosphoric acid groups is 2. The Bertz CT molecular complexity index is 437. The number of hydrogen-bond donors (Lipinski definition) is 5. The molecule has 1 aliphatic rings. The Morgan fingerprint density at radius 2 is 1.64 bits per heavy atom. The zero-order valence-corrected chi connectivity index (χ0v) is 17.4. The fourth-order valence-corrected chi connectivity index (χ4v) is 2.15. The van der Waals surface area contributed by atoms with Crippen LogP contribution in [0.3, 0.4) is 0 Å². The largest absolute Gasteiger partial charge is 1.00 e. The summed E-state index contributed by atoms with van der Waals surface area (Å²) in [7, 11) is -10.3. The second-order valence-electron chi connectivity index (χ2n) is 3.94. The van der Waals surface area contributed by atoms with E-state index >= 15 is 0 Å². The van der Waals surface area contributed by atoms with Gasteiger partial charge in [0.15, 0.2) is 0 Å². The van der Waals surface area contributed by atoms with Crippen molar-refractivity contribution in [3.05, 3.63) is 0 Å². The van der Waals surface area contributed by atoms with Gasteiger partial charge in [0, 0.05) is 0 Å². The summed E-state index contributed by atoms with van der Waals surface area (Å²) in [6, 6.07) is 0. The van der Waals surface area contributed by atoms with Gasteiger partial charge in [-0.15, -0.1) is 0 Å². The normalized spacial score (nSPS) is 32.2. The van der Waals surface area contributed by atoms with E-state index in [4.69, 9.17) is 9.79 Å². The molecule has 0 radical (unpaired) electrons. The van der Waals surface area contributed by atoms with E-state index in [2.05, 4.69) is 13.8 Å². The smallest absolute Gasteiger partial charge is 0.790 e. The standard InChI is InChI=1S/C6H14O12P2.2Na/c7-4-3(1-16-19(10,11)12)18-6(9,5(4)8)2-17-20(13,14)15;;/h3-5,7-9H,1-2H2,(H2,10,11,12)(H2,13,14,15);;/q;2*+1/p-2/t3-,4-,5+,6-;;/m1../s1. The van der Waals surface area contributed by atoms with Crippen LogP contribution >= 0.6 is 15.6 Å². The van der Waals surface area contributed by atoms with Crippen LogP contribution in [0.15, 0.2) is 0 Å². The van der Waals surface area contributed by atoms with Crippen LogP contribution < -0.4 is 68.9 Å². The molecular weight excluding hydrogens is 372 g/mol. The topological polar surface area (TPSA) is 209 Å². The molecule has 0 saturated carbocycles. The molecule has 0 spiro atoms. The third-order valence-electron chi connectivity index (χ3n) is 2.36. The molecule has 4 atom stereocenters. The summed E-state index contributed by atoms with van der Waals surface area (Å²) in [5.74, 6) is -2.70. The summed E-state index contributed by atoms with van der Waals surface area (Å²) >= 11 is 0. The van der Waals surface area contributed by atoms with E-state index < -0.39 is 53.0 Å². The average Bonchev–Trinajstić information content (AvgIpc) is 2.48. The minimum absolute atomic E-state index is 0.